The molecule has 5 aromatic carbocycles. The van der Waals surface area contributed by atoms with Crippen LogP contribution < -0.4 is 10.6 Å². The number of anilines is 2. The van der Waals surface area contributed by atoms with Crippen LogP contribution in [0.3, 0.4) is 0 Å². The molecule has 2 amide bonds. The second kappa shape index (κ2) is 12.8. The number of methoxy groups -OCH3 is 1. The minimum Gasteiger partial charge on any atom is -0.463 e. The Morgan fingerprint density at radius 1 is 0.587 bits per heavy atom. The van der Waals surface area contributed by atoms with Gasteiger partial charge in [-0.25, -0.2) is 4.79 Å². The van der Waals surface area contributed by atoms with Gasteiger partial charge in [0.2, 0.25) is 5.76 Å². The zero-order valence-electron chi connectivity index (χ0n) is 25.0. The van der Waals surface area contributed by atoms with Gasteiger partial charge in [0.15, 0.2) is 5.78 Å². The van der Waals surface area contributed by atoms with Gasteiger partial charge in [0.05, 0.1) is 7.11 Å². The number of furan rings is 1. The Kier molecular flexibility index (Phi) is 8.26. The Hall–Kier alpha value is -6.28. The molecule has 1 heterocycles. The number of hydrogen-bond acceptors (Lipinski definition) is 6. The van der Waals surface area contributed by atoms with E-state index in [9.17, 15) is 19.2 Å². The fourth-order valence-electron chi connectivity index (χ4n) is 5.16. The highest BCUT2D eigenvalue weighted by atomic mass is 16.5. The maximum atomic E-state index is 13.1. The molecular weight excluding hydrogens is 580 g/mol. The number of nitrogens with one attached hydrogen (secondary N) is 2. The number of ketones is 1. The molecule has 0 aliphatic heterocycles. The number of carbonyl (C=O) groups is 4. The lowest BCUT2D eigenvalue weighted by Crippen LogP contribution is -2.12. The highest BCUT2D eigenvalue weighted by molar-refractivity contribution is 6.14. The molecule has 0 bridgehead atoms. The van der Waals surface area contributed by atoms with Crippen LogP contribution in [0.15, 0.2) is 126 Å². The van der Waals surface area contributed by atoms with Crippen LogP contribution in [-0.2, 0) is 4.74 Å². The summed E-state index contributed by atoms with van der Waals surface area (Å²) in [6.45, 7) is 1.53. The SMILES string of the molecule is COC(=O)c1ccc(-c2ccc(C(=O)Nc3ccc(-c4ccc(C(=O)Nc5ccc(C(C)=O)c6ccccc56)cc4)cc3)cc2)o1. The molecule has 8 nitrogen and oxygen atoms in total. The third-order valence-corrected chi connectivity index (χ3v) is 7.60. The van der Waals surface area contributed by atoms with E-state index in [1.165, 1.54) is 20.1 Å². The predicted octanol–water partition coefficient (Wildman–Crippen LogP) is 8.26. The third kappa shape index (κ3) is 6.18. The topological polar surface area (TPSA) is 115 Å². The summed E-state index contributed by atoms with van der Waals surface area (Å²) in [6.07, 6.45) is 0. The molecule has 0 fully saturated rings. The van der Waals surface area contributed by atoms with E-state index >= 15 is 0 Å². The second-order valence-corrected chi connectivity index (χ2v) is 10.6. The maximum absolute atomic E-state index is 13.1. The number of ether oxygens (including phenoxy) is 1. The molecule has 0 spiro atoms. The summed E-state index contributed by atoms with van der Waals surface area (Å²) in [6, 6.07) is 35.7. The maximum Gasteiger partial charge on any atom is 0.373 e. The van der Waals surface area contributed by atoms with Gasteiger partial charge >= 0.3 is 5.97 Å². The standard InChI is InChI=1S/C38H28N2O6/c1-23(41)30-19-20-33(32-6-4-3-5-31(30)32)40-37(43)28-11-7-24(8-12-28)25-15-17-29(18-16-25)39-36(42)27-13-9-26(10-14-27)34-21-22-35(46-34)38(44)45-2/h3-22H,1-2H3,(H,39,42)(H,40,43). The van der Waals surface area contributed by atoms with Crippen molar-refractivity contribution in [1.29, 1.82) is 0 Å². The zero-order valence-corrected chi connectivity index (χ0v) is 25.0. The second-order valence-electron chi connectivity index (χ2n) is 10.6. The van der Waals surface area contributed by atoms with E-state index in [1.807, 2.05) is 60.7 Å². The van der Waals surface area contributed by atoms with Gasteiger partial charge < -0.3 is 19.8 Å². The number of amides is 2. The van der Waals surface area contributed by atoms with E-state index in [1.54, 1.807) is 54.6 Å². The van der Waals surface area contributed by atoms with Crippen molar-refractivity contribution in [2.75, 3.05) is 17.7 Å². The number of hydrogen-bond donors (Lipinski definition) is 2. The van der Waals surface area contributed by atoms with Crippen molar-refractivity contribution in [3.8, 4) is 22.5 Å². The van der Waals surface area contributed by atoms with Gasteiger partial charge in [-0.05, 0) is 84.1 Å². The first kappa shape index (κ1) is 29.8. The largest absolute Gasteiger partial charge is 0.463 e. The Labute approximate surface area is 264 Å². The van der Waals surface area contributed by atoms with E-state index < -0.39 is 5.97 Å². The van der Waals surface area contributed by atoms with E-state index in [0.717, 1.165) is 27.5 Å². The van der Waals surface area contributed by atoms with Gasteiger partial charge in [-0.15, -0.1) is 0 Å². The van der Waals surface area contributed by atoms with Crippen molar-refractivity contribution in [1.82, 2.24) is 0 Å². The molecule has 2 N–H and O–H groups in total. The summed E-state index contributed by atoms with van der Waals surface area (Å²) in [5, 5.41) is 7.46. The first-order chi connectivity index (χ1) is 22.3. The third-order valence-electron chi connectivity index (χ3n) is 7.60. The van der Waals surface area contributed by atoms with Crippen LogP contribution in [-0.4, -0.2) is 30.7 Å². The summed E-state index contributed by atoms with van der Waals surface area (Å²) in [4.78, 5) is 49.6. The molecule has 0 aliphatic carbocycles. The Bertz CT molecular complexity index is 2090. The molecule has 1 aromatic heterocycles. The Balaban J connectivity index is 1.09. The average Bonchev–Trinajstić information content (AvgIpc) is 3.59. The molecule has 0 saturated heterocycles. The van der Waals surface area contributed by atoms with Crippen molar-refractivity contribution in [3.05, 3.63) is 144 Å². The van der Waals surface area contributed by atoms with Crippen LogP contribution in [0, 0.1) is 0 Å². The number of rotatable bonds is 8. The zero-order chi connectivity index (χ0) is 32.2. The highest BCUT2D eigenvalue weighted by Crippen LogP contribution is 2.29. The van der Waals surface area contributed by atoms with Crippen molar-refractivity contribution in [2.45, 2.75) is 6.92 Å². The number of Topliss-reactive ketones (excluding diaryl/α,β-unsaturated/α-hetero) is 1. The molecule has 0 saturated carbocycles. The fraction of sp³-hybridized carbons (Fsp3) is 0.0526. The van der Waals surface area contributed by atoms with E-state index in [-0.39, 0.29) is 23.4 Å². The van der Waals surface area contributed by atoms with Crippen LogP contribution in [0.5, 0.6) is 0 Å². The summed E-state index contributed by atoms with van der Waals surface area (Å²) in [5.74, 6) is -0.522. The van der Waals surface area contributed by atoms with Crippen LogP contribution in [0.4, 0.5) is 11.4 Å². The van der Waals surface area contributed by atoms with Crippen molar-refractivity contribution < 1.29 is 28.3 Å². The first-order valence-corrected chi connectivity index (χ1v) is 14.4. The van der Waals surface area contributed by atoms with Gasteiger partial charge in [0.1, 0.15) is 5.76 Å². The monoisotopic (exact) mass is 608 g/mol. The lowest BCUT2D eigenvalue weighted by atomic mass is 10.00. The predicted molar refractivity (Wildman–Crippen MR) is 177 cm³/mol. The lowest BCUT2D eigenvalue weighted by Gasteiger charge is -2.12. The van der Waals surface area contributed by atoms with E-state index in [0.29, 0.717) is 33.8 Å². The molecule has 0 atom stereocenters. The molecule has 226 valence electrons. The van der Waals surface area contributed by atoms with E-state index in [4.69, 9.17) is 4.42 Å². The fourth-order valence-corrected chi connectivity index (χ4v) is 5.16. The molecule has 0 radical (unpaired) electrons. The van der Waals surface area contributed by atoms with Gasteiger partial charge in [-0.2, -0.15) is 0 Å². The molecule has 6 rings (SSSR count). The number of fused-ring (bicyclic) bond motifs is 1. The molecule has 46 heavy (non-hydrogen) atoms. The summed E-state index contributed by atoms with van der Waals surface area (Å²) in [5.41, 5.74) is 5.39. The summed E-state index contributed by atoms with van der Waals surface area (Å²) < 4.78 is 10.2. The summed E-state index contributed by atoms with van der Waals surface area (Å²) in [7, 11) is 1.29. The van der Waals surface area contributed by atoms with Crippen molar-refractivity contribution in [3.63, 3.8) is 0 Å². The van der Waals surface area contributed by atoms with E-state index in [2.05, 4.69) is 15.4 Å². The first-order valence-electron chi connectivity index (χ1n) is 14.4. The minimum atomic E-state index is -0.558. The summed E-state index contributed by atoms with van der Waals surface area (Å²) >= 11 is 0. The van der Waals surface area contributed by atoms with Crippen molar-refractivity contribution in [2.24, 2.45) is 0 Å². The van der Waals surface area contributed by atoms with Crippen molar-refractivity contribution >= 4 is 45.7 Å². The van der Waals surface area contributed by atoms with Crippen LogP contribution in [0.25, 0.3) is 33.2 Å². The van der Waals surface area contributed by atoms with Crippen LogP contribution >= 0.6 is 0 Å². The number of carbonyl (C=O) groups excluding carboxylic acids is 4. The molecule has 0 unspecified atom stereocenters. The minimum absolute atomic E-state index is 0.0323. The highest BCUT2D eigenvalue weighted by Gasteiger charge is 2.15. The van der Waals surface area contributed by atoms with Gasteiger partial charge in [0, 0.05) is 39.0 Å². The lowest BCUT2D eigenvalue weighted by molar-refractivity contribution is 0.0565. The van der Waals surface area contributed by atoms with Crippen LogP contribution in [0.2, 0.25) is 0 Å². The normalized spacial score (nSPS) is 10.7. The number of benzene rings is 5. The van der Waals surface area contributed by atoms with Gasteiger partial charge in [0.25, 0.3) is 11.8 Å². The Morgan fingerprint density at radius 2 is 1.15 bits per heavy atom. The molecule has 8 heteroatoms. The van der Waals surface area contributed by atoms with Crippen LogP contribution in [0.1, 0.15) is 48.6 Å². The van der Waals surface area contributed by atoms with Gasteiger partial charge in [-0.3, -0.25) is 14.4 Å². The van der Waals surface area contributed by atoms with Gasteiger partial charge in [-0.1, -0.05) is 60.7 Å². The quantitative estimate of drug-likeness (QED) is 0.133. The number of esters is 1. The molecule has 0 aliphatic rings. The Morgan fingerprint density at radius 3 is 1.76 bits per heavy atom. The smallest absolute Gasteiger partial charge is 0.373 e. The molecular formula is C38H28N2O6. The average molecular weight is 609 g/mol. The molecule has 6 aromatic rings.